The topological polar surface area (TPSA) is 183 Å². The number of likely N-dealkylation sites (tertiary alicyclic amines) is 1. The van der Waals surface area contributed by atoms with Crippen molar-refractivity contribution in [3.63, 3.8) is 0 Å². The summed E-state index contributed by atoms with van der Waals surface area (Å²) >= 11 is 1.55. The zero-order chi connectivity index (χ0) is 51.4. The summed E-state index contributed by atoms with van der Waals surface area (Å²) < 4.78 is 90.9. The van der Waals surface area contributed by atoms with Crippen molar-refractivity contribution in [1.82, 2.24) is 25.8 Å². The van der Waals surface area contributed by atoms with E-state index >= 15 is 0 Å². The largest absolute Gasteiger partial charge is 0.493 e. The second-order valence-electron chi connectivity index (χ2n) is 18.0. The summed E-state index contributed by atoms with van der Waals surface area (Å²) in [5.74, 6) is -1.83. The first-order valence-corrected chi connectivity index (χ1v) is 23.4. The highest BCUT2D eigenvalue weighted by atomic mass is 32.1. The Balaban J connectivity index is 1.03. The molecule has 4 N–H and O–H groups in total. The summed E-state index contributed by atoms with van der Waals surface area (Å²) in [5.41, 5.74) is 0.499. The quantitative estimate of drug-likeness (QED) is 0.0291. The molecular formula is C50H56F6N6O7S. The van der Waals surface area contributed by atoms with Gasteiger partial charge in [0.25, 0.3) is 5.91 Å². The van der Waals surface area contributed by atoms with Gasteiger partial charge in [-0.3, -0.25) is 19.2 Å². The van der Waals surface area contributed by atoms with Gasteiger partial charge in [0.2, 0.25) is 17.7 Å². The number of amides is 4. The molecule has 1 aliphatic rings. The number of aryl methyl sites for hydroxylation is 1. The molecule has 0 saturated carbocycles. The first-order valence-electron chi connectivity index (χ1n) is 22.5. The molecule has 0 bridgehead atoms. The number of unbranched alkanes of at least 4 members (excludes halogenated alkanes) is 4. The number of hydrogen-bond donors (Lipinski definition) is 4. The molecule has 3 atom stereocenters. The third-order valence-electron chi connectivity index (χ3n) is 11.6. The molecule has 13 nitrogen and oxygen atoms in total. The van der Waals surface area contributed by atoms with Gasteiger partial charge < -0.3 is 35.4 Å². The molecule has 2 heterocycles. The maximum absolute atomic E-state index is 14.0. The van der Waals surface area contributed by atoms with Crippen LogP contribution >= 0.6 is 11.3 Å². The van der Waals surface area contributed by atoms with E-state index in [2.05, 4.69) is 20.9 Å². The molecule has 4 amide bonds. The number of aliphatic hydroxyl groups is 1. The zero-order valence-electron chi connectivity index (χ0n) is 39.4. The summed E-state index contributed by atoms with van der Waals surface area (Å²) in [5, 5.41) is 28.7. The van der Waals surface area contributed by atoms with Gasteiger partial charge in [-0.25, -0.2) is 4.98 Å². The Morgan fingerprint density at radius 2 is 1.63 bits per heavy atom. The van der Waals surface area contributed by atoms with Crippen molar-refractivity contribution in [3.8, 4) is 28.0 Å². The van der Waals surface area contributed by atoms with Crippen molar-refractivity contribution in [3.05, 3.63) is 105 Å². The second kappa shape index (κ2) is 23.9. The molecule has 0 radical (unpaired) electrons. The van der Waals surface area contributed by atoms with E-state index in [1.807, 2.05) is 58.0 Å². The van der Waals surface area contributed by atoms with Crippen LogP contribution in [0.2, 0.25) is 0 Å². The Bertz CT molecular complexity index is 2550. The number of aliphatic hydroxyl groups excluding tert-OH is 1. The van der Waals surface area contributed by atoms with Crippen molar-refractivity contribution in [2.24, 2.45) is 5.41 Å². The number of alkyl halides is 6. The van der Waals surface area contributed by atoms with E-state index in [1.54, 1.807) is 16.8 Å². The number of thiazole rings is 1. The Hall–Kier alpha value is -6.46. The number of carbonyl (C=O) groups is 4. The number of benzene rings is 3. The lowest BCUT2D eigenvalue weighted by molar-refractivity contribution is -0.144. The van der Waals surface area contributed by atoms with Crippen LogP contribution in [0.25, 0.3) is 16.5 Å². The lowest BCUT2D eigenvalue weighted by Gasteiger charge is -2.35. The van der Waals surface area contributed by atoms with Crippen molar-refractivity contribution in [1.29, 1.82) is 5.26 Å². The summed E-state index contributed by atoms with van der Waals surface area (Å²) in [6.45, 7) is 7.09. The minimum Gasteiger partial charge on any atom is -0.493 e. The first kappa shape index (κ1) is 54.5. The Morgan fingerprint density at radius 1 is 0.929 bits per heavy atom. The van der Waals surface area contributed by atoms with Crippen LogP contribution in [0.3, 0.4) is 0 Å². The first-order chi connectivity index (χ1) is 33.0. The van der Waals surface area contributed by atoms with E-state index in [0.29, 0.717) is 43.4 Å². The number of carbonyl (C=O) groups excluding carboxylic acids is 4. The molecule has 1 aromatic heterocycles. The number of rotatable bonds is 20. The number of halogens is 6. The fourth-order valence-electron chi connectivity index (χ4n) is 7.76. The normalized spacial score (nSPS) is 15.8. The number of aromatic nitrogens is 1. The smallest absolute Gasteiger partial charge is 0.416 e. The number of hydrogen-bond acceptors (Lipinski definition) is 10. The van der Waals surface area contributed by atoms with Gasteiger partial charge in [0.1, 0.15) is 30.3 Å². The van der Waals surface area contributed by atoms with Crippen molar-refractivity contribution < 1.29 is 60.1 Å². The third-order valence-corrected chi connectivity index (χ3v) is 12.5. The standard InChI is InChI=1S/C50H56F6N6O7S/c1-30-43(70-29-60-30)33-15-12-31(13-16-33)26-59-46(66)39-24-37(63)27-62(39)47(67)44(48(2,3)4)61-42(64)11-9-7-6-8-10-20-58-45(65)35(25-57)21-32-14-19-40(41(22-32)68-5)69-28-34-17-18-36(49(51,52)53)23-38(34)50(54,55)56/h12-19,21-23,29,37,39,44,63H,6-11,20,24,26-28H2,1-5H3,(H,58,65)(H,59,66)(H,61,64)/b35-21+/t37-,39+,44-/m1/s1. The van der Waals surface area contributed by atoms with Crippen LogP contribution in [0.5, 0.6) is 11.5 Å². The fraction of sp³-hybridized carbons (Fsp3) is 0.440. The van der Waals surface area contributed by atoms with Crippen LogP contribution in [-0.4, -0.2) is 77.0 Å². The Labute approximate surface area is 406 Å². The maximum atomic E-state index is 14.0. The molecule has 0 aliphatic carbocycles. The van der Waals surface area contributed by atoms with Crippen molar-refractivity contribution in [2.75, 3.05) is 20.2 Å². The number of nitrogens with one attached hydrogen (secondary N) is 3. The summed E-state index contributed by atoms with van der Waals surface area (Å²) in [7, 11) is 1.25. The van der Waals surface area contributed by atoms with Crippen molar-refractivity contribution >= 4 is 41.0 Å². The van der Waals surface area contributed by atoms with Gasteiger partial charge in [0, 0.05) is 38.0 Å². The molecule has 0 unspecified atom stereocenters. The van der Waals surface area contributed by atoms with Crippen molar-refractivity contribution in [2.45, 2.75) is 116 Å². The minimum atomic E-state index is -5.08. The van der Waals surface area contributed by atoms with Gasteiger partial charge >= 0.3 is 12.4 Å². The van der Waals surface area contributed by atoms with Crippen LogP contribution in [0.4, 0.5) is 26.3 Å². The van der Waals surface area contributed by atoms with Gasteiger partial charge in [0.15, 0.2) is 11.5 Å². The van der Waals surface area contributed by atoms with Gasteiger partial charge in [0.05, 0.1) is 40.4 Å². The molecule has 1 saturated heterocycles. The molecule has 70 heavy (non-hydrogen) atoms. The molecule has 1 aliphatic heterocycles. The third kappa shape index (κ3) is 15.0. The monoisotopic (exact) mass is 998 g/mol. The average molecular weight is 999 g/mol. The summed E-state index contributed by atoms with van der Waals surface area (Å²) in [6.07, 6.45) is -6.25. The molecule has 5 rings (SSSR count). The molecular weight excluding hydrogens is 943 g/mol. The predicted octanol–water partition coefficient (Wildman–Crippen LogP) is 8.92. The van der Waals surface area contributed by atoms with Crippen LogP contribution in [-0.2, 0) is 44.7 Å². The van der Waals surface area contributed by atoms with Gasteiger partial charge in [-0.15, -0.1) is 11.3 Å². The van der Waals surface area contributed by atoms with E-state index in [1.165, 1.54) is 36.3 Å². The maximum Gasteiger partial charge on any atom is 0.416 e. The van der Waals surface area contributed by atoms with Crippen LogP contribution in [0, 0.1) is 23.7 Å². The highest BCUT2D eigenvalue weighted by molar-refractivity contribution is 7.13. The van der Waals surface area contributed by atoms with E-state index in [9.17, 15) is 55.9 Å². The van der Waals surface area contributed by atoms with E-state index in [4.69, 9.17) is 9.47 Å². The lowest BCUT2D eigenvalue weighted by Crippen LogP contribution is -2.57. The van der Waals surface area contributed by atoms with Crippen LogP contribution in [0.15, 0.2) is 71.7 Å². The molecule has 20 heteroatoms. The highest BCUT2D eigenvalue weighted by Gasteiger charge is 2.44. The number of nitrogens with zero attached hydrogens (tertiary/aromatic N) is 3. The van der Waals surface area contributed by atoms with Crippen LogP contribution < -0.4 is 25.4 Å². The number of nitriles is 1. The molecule has 0 spiro atoms. The highest BCUT2D eigenvalue weighted by Crippen LogP contribution is 2.39. The number of methoxy groups -OCH3 is 1. The second-order valence-corrected chi connectivity index (χ2v) is 18.8. The Kier molecular flexibility index (Phi) is 18.6. The predicted molar refractivity (Wildman–Crippen MR) is 250 cm³/mol. The number of β-amino-alcohol motifs (C(OH)–C–C–N with tert-alkyl or cyclic N) is 1. The fourth-order valence-corrected chi connectivity index (χ4v) is 8.57. The van der Waals surface area contributed by atoms with Crippen LogP contribution in [0.1, 0.15) is 99.2 Å². The van der Waals surface area contributed by atoms with Gasteiger partial charge in [-0.1, -0.05) is 76.4 Å². The molecule has 376 valence electrons. The zero-order valence-corrected chi connectivity index (χ0v) is 40.2. The summed E-state index contributed by atoms with van der Waals surface area (Å²) in [6, 6.07) is 13.1. The van der Waals surface area contributed by atoms with Gasteiger partial charge in [-0.2, -0.15) is 31.6 Å². The van der Waals surface area contributed by atoms with E-state index in [0.717, 1.165) is 28.1 Å². The summed E-state index contributed by atoms with van der Waals surface area (Å²) in [4.78, 5) is 60.1. The molecule has 3 aromatic carbocycles. The minimum absolute atomic E-state index is 0.0238. The average Bonchev–Trinajstić information content (AvgIpc) is 3.93. The lowest BCUT2D eigenvalue weighted by atomic mass is 9.85. The SMILES string of the molecule is COc1cc(/C=C(\C#N)C(=O)NCCCCCCCC(=O)N[C@H](C(=O)N2C[C@H](O)C[C@H]2C(=O)NCc2ccc(-c3scnc3C)cc2)C(C)(C)C)ccc1OCc1ccc(C(F)(F)F)cc1C(F)(F)F. The Morgan fingerprint density at radius 3 is 2.26 bits per heavy atom. The molecule has 4 aromatic rings. The van der Waals surface area contributed by atoms with E-state index < -0.39 is 77.0 Å². The van der Waals surface area contributed by atoms with E-state index in [-0.39, 0.29) is 61.5 Å². The number of ether oxygens (including phenoxy) is 2. The molecule has 1 fully saturated rings. The van der Waals surface area contributed by atoms with Gasteiger partial charge in [-0.05, 0) is 72.2 Å².